The molecule has 0 radical (unpaired) electrons. The molecule has 1 aromatic carbocycles. The molecule has 3 rings (SSSR count). The Balaban J connectivity index is 1.94. The molecule has 1 saturated heterocycles. The van der Waals surface area contributed by atoms with Gasteiger partial charge in [-0.1, -0.05) is 18.2 Å². The van der Waals surface area contributed by atoms with Gasteiger partial charge in [-0.15, -0.1) is 0 Å². The molecule has 0 bridgehead atoms. The third-order valence-electron chi connectivity index (χ3n) is 3.95. The lowest BCUT2D eigenvalue weighted by Gasteiger charge is -2.34. The molecule has 1 aliphatic rings. The topological polar surface area (TPSA) is 71.8 Å². The number of para-hydroxylation sites is 1. The van der Waals surface area contributed by atoms with Crippen molar-refractivity contribution in [1.82, 2.24) is 9.47 Å². The number of ether oxygens (including phenoxy) is 1. The van der Waals surface area contributed by atoms with Crippen molar-refractivity contribution < 1.29 is 19.4 Å². The lowest BCUT2D eigenvalue weighted by atomic mass is 10.1. The van der Waals surface area contributed by atoms with E-state index in [9.17, 15) is 9.59 Å². The van der Waals surface area contributed by atoms with Gasteiger partial charge in [0.2, 0.25) is 0 Å². The van der Waals surface area contributed by atoms with Gasteiger partial charge >= 0.3 is 5.97 Å². The molecule has 1 unspecified atom stereocenters. The Morgan fingerprint density at radius 2 is 2.00 bits per heavy atom. The van der Waals surface area contributed by atoms with E-state index in [2.05, 4.69) is 0 Å². The van der Waals surface area contributed by atoms with Crippen LogP contribution in [0.5, 0.6) is 0 Å². The van der Waals surface area contributed by atoms with Crippen LogP contribution in [0.1, 0.15) is 17.3 Å². The van der Waals surface area contributed by atoms with Crippen molar-refractivity contribution >= 4 is 22.8 Å². The summed E-state index contributed by atoms with van der Waals surface area (Å²) in [5.74, 6) is -1.19. The summed E-state index contributed by atoms with van der Waals surface area (Å²) in [7, 11) is 1.89. The third-order valence-corrected chi connectivity index (χ3v) is 3.95. The fourth-order valence-electron chi connectivity index (χ4n) is 2.94. The number of rotatable bonds is 2. The number of carboxylic acid groups (broad SMARTS) is 1. The quantitative estimate of drug-likeness (QED) is 0.912. The first-order chi connectivity index (χ1) is 10.5. The van der Waals surface area contributed by atoms with Crippen molar-refractivity contribution in [3.8, 4) is 0 Å². The van der Waals surface area contributed by atoms with Crippen LogP contribution in [0.15, 0.2) is 30.5 Å². The fraction of sp³-hybridized carbons (Fsp3) is 0.375. The lowest BCUT2D eigenvalue weighted by molar-refractivity contribution is -0.160. The third kappa shape index (κ3) is 2.46. The normalized spacial score (nSPS) is 22.0. The Kier molecular flexibility index (Phi) is 3.62. The zero-order valence-electron chi connectivity index (χ0n) is 12.5. The molecule has 0 spiro atoms. The van der Waals surface area contributed by atoms with Crippen LogP contribution < -0.4 is 0 Å². The van der Waals surface area contributed by atoms with E-state index in [0.29, 0.717) is 12.1 Å². The summed E-state index contributed by atoms with van der Waals surface area (Å²) in [6.45, 7) is 2.24. The molecule has 6 nitrogen and oxygen atoms in total. The Morgan fingerprint density at radius 1 is 1.27 bits per heavy atom. The number of morpholine rings is 1. The van der Waals surface area contributed by atoms with Crippen LogP contribution in [0.2, 0.25) is 0 Å². The maximum atomic E-state index is 12.8. The molecule has 1 N–H and O–H groups in total. The van der Waals surface area contributed by atoms with Gasteiger partial charge in [-0.05, 0) is 13.0 Å². The molecule has 1 aromatic heterocycles. The van der Waals surface area contributed by atoms with Gasteiger partial charge in [0.25, 0.3) is 5.91 Å². The molecule has 0 saturated carbocycles. The summed E-state index contributed by atoms with van der Waals surface area (Å²) in [6, 6.07) is 7.67. The molecule has 2 atom stereocenters. The van der Waals surface area contributed by atoms with Crippen LogP contribution in [0, 0.1) is 0 Å². The summed E-state index contributed by atoms with van der Waals surface area (Å²) >= 11 is 0. The van der Waals surface area contributed by atoms with Crippen LogP contribution in [0.25, 0.3) is 10.9 Å². The maximum absolute atomic E-state index is 12.8. The van der Waals surface area contributed by atoms with Crippen molar-refractivity contribution in [3.63, 3.8) is 0 Å². The zero-order valence-corrected chi connectivity index (χ0v) is 12.5. The number of amides is 1. The lowest BCUT2D eigenvalue weighted by Crippen LogP contribution is -2.51. The van der Waals surface area contributed by atoms with E-state index in [0.717, 1.165) is 10.9 Å². The number of carbonyl (C=O) groups is 2. The molecule has 0 aliphatic carbocycles. The number of aromatic nitrogens is 1. The summed E-state index contributed by atoms with van der Waals surface area (Å²) in [5.41, 5.74) is 1.57. The van der Waals surface area contributed by atoms with Crippen molar-refractivity contribution in [3.05, 3.63) is 36.0 Å². The van der Waals surface area contributed by atoms with Gasteiger partial charge in [-0.3, -0.25) is 4.79 Å². The van der Waals surface area contributed by atoms with E-state index >= 15 is 0 Å². The number of hydrogen-bond donors (Lipinski definition) is 1. The second-order valence-corrected chi connectivity index (χ2v) is 5.65. The highest BCUT2D eigenvalue weighted by Gasteiger charge is 2.33. The highest BCUT2D eigenvalue weighted by molar-refractivity contribution is 6.07. The Hall–Kier alpha value is -2.34. The average molecular weight is 302 g/mol. The number of nitrogens with zero attached hydrogens (tertiary/aromatic N) is 2. The van der Waals surface area contributed by atoms with Crippen LogP contribution in [0.4, 0.5) is 0 Å². The van der Waals surface area contributed by atoms with Crippen molar-refractivity contribution in [2.24, 2.45) is 7.05 Å². The molecule has 1 aliphatic heterocycles. The number of carboxylic acids is 1. The fourth-order valence-corrected chi connectivity index (χ4v) is 2.94. The number of aryl methyl sites for hydroxylation is 1. The Labute approximate surface area is 127 Å². The predicted octanol–water partition coefficient (Wildman–Crippen LogP) is 1.49. The van der Waals surface area contributed by atoms with Gasteiger partial charge in [0.05, 0.1) is 18.2 Å². The van der Waals surface area contributed by atoms with Gasteiger partial charge < -0.3 is 19.3 Å². The molecule has 1 amide bonds. The summed E-state index contributed by atoms with van der Waals surface area (Å²) < 4.78 is 7.26. The molecule has 6 heteroatoms. The van der Waals surface area contributed by atoms with E-state index in [1.165, 1.54) is 0 Å². The second kappa shape index (κ2) is 5.46. The smallest absolute Gasteiger partial charge is 0.334 e. The number of fused-ring (bicyclic) bond motifs is 1. The van der Waals surface area contributed by atoms with Crippen molar-refractivity contribution in [1.29, 1.82) is 0 Å². The minimum Gasteiger partial charge on any atom is -0.479 e. The van der Waals surface area contributed by atoms with Gasteiger partial charge in [0, 0.05) is 30.7 Å². The van der Waals surface area contributed by atoms with E-state index in [1.807, 2.05) is 35.9 Å². The zero-order chi connectivity index (χ0) is 15.9. The monoisotopic (exact) mass is 302 g/mol. The molecular weight excluding hydrogens is 284 g/mol. The molecule has 2 heterocycles. The van der Waals surface area contributed by atoms with Crippen LogP contribution >= 0.6 is 0 Å². The minimum absolute atomic E-state index is 0.0712. The minimum atomic E-state index is -1.04. The average Bonchev–Trinajstić information content (AvgIpc) is 2.83. The summed E-state index contributed by atoms with van der Waals surface area (Å²) in [5, 5.41) is 10.0. The van der Waals surface area contributed by atoms with Crippen molar-refractivity contribution in [2.75, 3.05) is 13.1 Å². The Morgan fingerprint density at radius 3 is 2.73 bits per heavy atom. The SMILES string of the molecule is C[C@@H]1CN(C(=O)c2cn(C)c3ccccc23)CC(C(=O)O)O1. The van der Waals surface area contributed by atoms with E-state index in [4.69, 9.17) is 9.84 Å². The maximum Gasteiger partial charge on any atom is 0.334 e. The standard InChI is InChI=1S/C16H18N2O4/c1-10-7-18(9-14(22-10)16(20)21)15(19)12-8-17(2)13-6-4-3-5-11(12)13/h3-6,8,10,14H,7,9H2,1-2H3,(H,20,21)/t10-,14?/m1/s1. The summed E-state index contributed by atoms with van der Waals surface area (Å²) in [6.07, 6.45) is 0.527. The molecule has 1 fully saturated rings. The predicted molar refractivity (Wildman–Crippen MR) is 80.8 cm³/mol. The largest absolute Gasteiger partial charge is 0.479 e. The van der Waals surface area contributed by atoms with Gasteiger partial charge in [0.15, 0.2) is 6.10 Å². The van der Waals surface area contributed by atoms with Gasteiger partial charge in [0.1, 0.15) is 0 Å². The number of hydrogen-bond acceptors (Lipinski definition) is 3. The van der Waals surface area contributed by atoms with Crippen LogP contribution in [0.3, 0.4) is 0 Å². The number of aliphatic carboxylic acids is 1. The van der Waals surface area contributed by atoms with E-state index < -0.39 is 12.1 Å². The first kappa shape index (κ1) is 14.6. The molecule has 22 heavy (non-hydrogen) atoms. The van der Waals surface area contributed by atoms with E-state index in [-0.39, 0.29) is 18.6 Å². The van der Waals surface area contributed by atoms with Crippen LogP contribution in [-0.2, 0) is 16.6 Å². The number of carbonyl (C=O) groups excluding carboxylic acids is 1. The van der Waals surface area contributed by atoms with Gasteiger partial charge in [-0.2, -0.15) is 0 Å². The molecule has 116 valence electrons. The highest BCUT2D eigenvalue weighted by Crippen LogP contribution is 2.23. The first-order valence-corrected chi connectivity index (χ1v) is 7.19. The Bertz CT molecular complexity index is 737. The summed E-state index contributed by atoms with van der Waals surface area (Å²) in [4.78, 5) is 25.5. The van der Waals surface area contributed by atoms with Crippen molar-refractivity contribution in [2.45, 2.75) is 19.1 Å². The second-order valence-electron chi connectivity index (χ2n) is 5.65. The van der Waals surface area contributed by atoms with E-state index in [1.54, 1.807) is 18.0 Å². The first-order valence-electron chi connectivity index (χ1n) is 7.19. The molecular formula is C16H18N2O4. The number of benzene rings is 1. The van der Waals surface area contributed by atoms with Gasteiger partial charge in [-0.25, -0.2) is 4.79 Å². The highest BCUT2D eigenvalue weighted by atomic mass is 16.5. The van der Waals surface area contributed by atoms with Crippen LogP contribution in [-0.4, -0.2) is 51.7 Å². The molecule has 2 aromatic rings.